The third kappa shape index (κ3) is 4.51. The Labute approximate surface area is 149 Å². The Morgan fingerprint density at radius 3 is 2.31 bits per heavy atom. The molecule has 0 bridgehead atoms. The van der Waals surface area contributed by atoms with Gasteiger partial charge in [-0.05, 0) is 42.5 Å². The molecule has 0 saturated carbocycles. The van der Waals surface area contributed by atoms with E-state index < -0.39 is 17.5 Å². The number of nitrogens with zero attached hydrogens (tertiary/aromatic N) is 2. The molecule has 0 fully saturated rings. The molecule has 5 nitrogen and oxygen atoms in total. The number of hydrogen-bond acceptors (Lipinski definition) is 3. The van der Waals surface area contributed by atoms with E-state index in [1.54, 1.807) is 20.2 Å². The van der Waals surface area contributed by atoms with E-state index in [-0.39, 0.29) is 17.0 Å². The van der Waals surface area contributed by atoms with Gasteiger partial charge < -0.3 is 10.2 Å². The fraction of sp³-hybridized carbons (Fsp3) is 0.105. The van der Waals surface area contributed by atoms with E-state index in [4.69, 9.17) is 5.26 Å². The largest absolute Gasteiger partial charge is 0.345 e. The van der Waals surface area contributed by atoms with Crippen molar-refractivity contribution in [2.45, 2.75) is 0 Å². The molecule has 2 aromatic rings. The Hall–Kier alpha value is -3.53. The summed E-state index contributed by atoms with van der Waals surface area (Å²) in [6.45, 7) is 0. The van der Waals surface area contributed by atoms with E-state index in [2.05, 4.69) is 5.32 Å². The van der Waals surface area contributed by atoms with E-state index >= 15 is 0 Å². The molecule has 0 aliphatic rings. The van der Waals surface area contributed by atoms with Crippen LogP contribution in [0.1, 0.15) is 15.9 Å². The van der Waals surface area contributed by atoms with E-state index in [0.717, 1.165) is 18.2 Å². The predicted molar refractivity (Wildman–Crippen MR) is 93.0 cm³/mol. The van der Waals surface area contributed by atoms with Crippen molar-refractivity contribution < 1.29 is 18.4 Å². The van der Waals surface area contributed by atoms with Crippen LogP contribution in [0.3, 0.4) is 0 Å². The molecule has 2 rings (SSSR count). The lowest BCUT2D eigenvalue weighted by atomic mass is 10.1. The Balaban J connectivity index is 2.18. The molecule has 0 aromatic heterocycles. The Kier molecular flexibility index (Phi) is 5.81. The van der Waals surface area contributed by atoms with Crippen LogP contribution in [0.5, 0.6) is 0 Å². The van der Waals surface area contributed by atoms with Crippen molar-refractivity contribution in [3.8, 4) is 6.07 Å². The van der Waals surface area contributed by atoms with Gasteiger partial charge in [-0.15, -0.1) is 0 Å². The molecule has 0 aliphatic carbocycles. The number of carbonyl (C=O) groups excluding carboxylic acids is 2. The van der Waals surface area contributed by atoms with E-state index in [1.807, 2.05) is 0 Å². The highest BCUT2D eigenvalue weighted by molar-refractivity contribution is 6.09. The fourth-order valence-corrected chi connectivity index (χ4v) is 2.08. The predicted octanol–water partition coefficient (Wildman–Crippen LogP) is 3.21. The van der Waals surface area contributed by atoms with Gasteiger partial charge in [-0.1, -0.05) is 0 Å². The molecular weight excluding hydrogens is 340 g/mol. The Morgan fingerprint density at radius 2 is 1.77 bits per heavy atom. The number of amides is 2. The van der Waals surface area contributed by atoms with Crippen LogP contribution in [-0.2, 0) is 4.79 Å². The van der Waals surface area contributed by atoms with E-state index in [0.29, 0.717) is 17.3 Å². The molecule has 132 valence electrons. The minimum Gasteiger partial charge on any atom is -0.345 e. The summed E-state index contributed by atoms with van der Waals surface area (Å²) in [5, 5.41) is 11.6. The van der Waals surface area contributed by atoms with Crippen molar-refractivity contribution in [3.63, 3.8) is 0 Å². The normalized spacial score (nSPS) is 10.8. The van der Waals surface area contributed by atoms with Crippen molar-refractivity contribution in [3.05, 3.63) is 70.8 Å². The minimum atomic E-state index is -0.878. The highest BCUT2D eigenvalue weighted by atomic mass is 19.1. The first-order valence-corrected chi connectivity index (χ1v) is 7.51. The summed E-state index contributed by atoms with van der Waals surface area (Å²) in [4.78, 5) is 25.4. The number of nitrogens with one attached hydrogen (secondary N) is 1. The summed E-state index contributed by atoms with van der Waals surface area (Å²) in [5.74, 6) is -2.57. The van der Waals surface area contributed by atoms with Crippen LogP contribution in [0.15, 0.2) is 48.0 Å². The summed E-state index contributed by atoms with van der Waals surface area (Å²) in [6.07, 6.45) is 1.04. The van der Waals surface area contributed by atoms with Gasteiger partial charge in [0.2, 0.25) is 0 Å². The average Bonchev–Trinajstić information content (AvgIpc) is 2.61. The number of carbonyl (C=O) groups is 2. The fourth-order valence-electron chi connectivity index (χ4n) is 2.08. The molecule has 2 amide bonds. The Bertz CT molecular complexity index is 913. The zero-order chi connectivity index (χ0) is 19.3. The zero-order valence-electron chi connectivity index (χ0n) is 14.1. The highest BCUT2D eigenvalue weighted by Gasteiger charge is 2.12. The second kappa shape index (κ2) is 8.03. The maximum absolute atomic E-state index is 13.7. The van der Waals surface area contributed by atoms with Gasteiger partial charge >= 0.3 is 0 Å². The quantitative estimate of drug-likeness (QED) is 0.676. The van der Waals surface area contributed by atoms with Gasteiger partial charge in [0.05, 0.1) is 0 Å². The lowest BCUT2D eigenvalue weighted by molar-refractivity contribution is -0.112. The maximum atomic E-state index is 13.7. The molecule has 0 heterocycles. The highest BCUT2D eigenvalue weighted by Crippen LogP contribution is 2.16. The molecule has 26 heavy (non-hydrogen) atoms. The van der Waals surface area contributed by atoms with Crippen molar-refractivity contribution >= 4 is 23.6 Å². The van der Waals surface area contributed by atoms with Gasteiger partial charge in [-0.25, -0.2) is 8.78 Å². The number of hydrogen-bond donors (Lipinski definition) is 1. The van der Waals surface area contributed by atoms with Gasteiger partial charge in [0.25, 0.3) is 11.8 Å². The van der Waals surface area contributed by atoms with Crippen molar-refractivity contribution in [2.75, 3.05) is 19.4 Å². The van der Waals surface area contributed by atoms with Crippen molar-refractivity contribution in [1.29, 1.82) is 5.26 Å². The van der Waals surface area contributed by atoms with Crippen LogP contribution in [-0.4, -0.2) is 30.8 Å². The molecule has 2 aromatic carbocycles. The van der Waals surface area contributed by atoms with Gasteiger partial charge in [0.15, 0.2) is 0 Å². The van der Waals surface area contributed by atoms with Crippen LogP contribution < -0.4 is 5.32 Å². The monoisotopic (exact) mass is 355 g/mol. The van der Waals surface area contributed by atoms with Gasteiger partial charge in [0, 0.05) is 37.0 Å². The first-order valence-electron chi connectivity index (χ1n) is 7.51. The smallest absolute Gasteiger partial charge is 0.266 e. The zero-order valence-corrected chi connectivity index (χ0v) is 14.1. The van der Waals surface area contributed by atoms with Crippen LogP contribution in [0.2, 0.25) is 0 Å². The molecule has 7 heteroatoms. The molecule has 1 N–H and O–H groups in total. The number of nitriles is 1. The first kappa shape index (κ1) is 18.8. The third-order valence-electron chi connectivity index (χ3n) is 3.42. The van der Waals surface area contributed by atoms with E-state index in [9.17, 15) is 18.4 Å². The third-order valence-corrected chi connectivity index (χ3v) is 3.42. The van der Waals surface area contributed by atoms with Crippen LogP contribution in [0.4, 0.5) is 14.5 Å². The van der Waals surface area contributed by atoms with Crippen molar-refractivity contribution in [2.24, 2.45) is 0 Å². The molecule has 0 aliphatic heterocycles. The number of anilines is 1. The lowest BCUT2D eigenvalue weighted by Crippen LogP contribution is -2.21. The summed E-state index contributed by atoms with van der Waals surface area (Å²) in [6, 6.07) is 10.6. The molecule has 0 spiro atoms. The summed E-state index contributed by atoms with van der Waals surface area (Å²) < 4.78 is 26.6. The van der Waals surface area contributed by atoms with Crippen LogP contribution in [0, 0.1) is 23.0 Å². The Morgan fingerprint density at radius 1 is 1.12 bits per heavy atom. The molecule has 0 unspecified atom stereocenters. The maximum Gasteiger partial charge on any atom is 0.266 e. The summed E-state index contributed by atoms with van der Waals surface area (Å²) >= 11 is 0. The van der Waals surface area contributed by atoms with Crippen LogP contribution >= 0.6 is 0 Å². The molecule has 0 radical (unpaired) electrons. The summed E-state index contributed by atoms with van der Waals surface area (Å²) in [7, 11) is 3.24. The van der Waals surface area contributed by atoms with Crippen molar-refractivity contribution in [1.82, 2.24) is 4.90 Å². The first-order chi connectivity index (χ1) is 12.3. The molecule has 0 atom stereocenters. The molecular formula is C19H15F2N3O2. The standard InChI is InChI=1S/C19H15F2N3O2/c1-24(2)19(26)12-4-7-16(8-5-12)23-18(25)14(11-22)9-13-3-6-15(20)10-17(13)21/h3-10H,1-2H3,(H,23,25)/b14-9+. The van der Waals surface area contributed by atoms with Gasteiger partial charge in [-0.2, -0.15) is 5.26 Å². The minimum absolute atomic E-state index is 0.0787. The summed E-state index contributed by atoms with van der Waals surface area (Å²) in [5.41, 5.74) is 0.387. The van der Waals surface area contributed by atoms with Gasteiger partial charge in [-0.3, -0.25) is 9.59 Å². The topological polar surface area (TPSA) is 73.2 Å². The number of benzene rings is 2. The SMILES string of the molecule is CN(C)C(=O)c1ccc(NC(=O)/C(C#N)=C/c2ccc(F)cc2F)cc1. The van der Waals surface area contributed by atoms with Crippen LogP contribution in [0.25, 0.3) is 6.08 Å². The second-order valence-corrected chi connectivity index (χ2v) is 5.57. The average molecular weight is 355 g/mol. The van der Waals surface area contributed by atoms with Gasteiger partial charge in [0.1, 0.15) is 23.3 Å². The number of halogens is 2. The lowest BCUT2D eigenvalue weighted by Gasteiger charge is -2.11. The van der Waals surface area contributed by atoms with E-state index in [1.165, 1.54) is 29.2 Å². The molecule has 0 saturated heterocycles. The number of rotatable bonds is 4. The second-order valence-electron chi connectivity index (χ2n) is 5.57.